The Kier molecular flexibility index (Phi) is 4.22. The van der Waals surface area contributed by atoms with Gasteiger partial charge in [-0.25, -0.2) is 4.98 Å². The molecule has 0 fully saturated rings. The number of anilines is 1. The zero-order valence-electron chi connectivity index (χ0n) is 11.7. The van der Waals surface area contributed by atoms with Gasteiger partial charge in [0, 0.05) is 17.2 Å². The van der Waals surface area contributed by atoms with Gasteiger partial charge in [0.25, 0.3) is 5.69 Å². The van der Waals surface area contributed by atoms with Crippen molar-refractivity contribution in [1.29, 1.82) is 0 Å². The summed E-state index contributed by atoms with van der Waals surface area (Å²) in [5.41, 5.74) is 1.33. The number of thiazole rings is 1. The van der Waals surface area contributed by atoms with Crippen molar-refractivity contribution < 1.29 is 9.72 Å². The van der Waals surface area contributed by atoms with Crippen LogP contribution >= 0.6 is 22.9 Å². The molecule has 2 aromatic carbocycles. The molecule has 0 saturated heterocycles. The number of hydrogen-bond donors (Lipinski definition) is 1. The number of nitro groups is 1. The monoisotopic (exact) mass is 347 g/mol. The van der Waals surface area contributed by atoms with Crippen LogP contribution in [0.2, 0.25) is 5.02 Å². The molecule has 1 aromatic heterocycles. The predicted molar refractivity (Wildman–Crippen MR) is 90.1 cm³/mol. The molecule has 0 unspecified atom stereocenters. The lowest BCUT2D eigenvalue weighted by Gasteiger charge is -2.03. The maximum atomic E-state index is 12.1. The Morgan fingerprint density at radius 2 is 2.09 bits per heavy atom. The Balaban J connectivity index is 1.77. The quantitative estimate of drug-likeness (QED) is 0.570. The third-order valence-electron chi connectivity index (χ3n) is 3.14. The Labute approximate surface area is 139 Å². The molecule has 1 N–H and O–H groups in total. The first kappa shape index (κ1) is 15.4. The fourth-order valence-electron chi connectivity index (χ4n) is 2.06. The molecular weight excluding hydrogens is 338 g/mol. The highest BCUT2D eigenvalue weighted by Gasteiger charge is 2.13. The van der Waals surface area contributed by atoms with Crippen molar-refractivity contribution in [3.63, 3.8) is 0 Å². The minimum atomic E-state index is -0.463. The lowest BCUT2D eigenvalue weighted by Crippen LogP contribution is -2.14. The van der Waals surface area contributed by atoms with Crippen LogP contribution in [-0.4, -0.2) is 15.8 Å². The van der Waals surface area contributed by atoms with Gasteiger partial charge in [-0.05, 0) is 17.7 Å². The van der Waals surface area contributed by atoms with Gasteiger partial charge in [0.05, 0.1) is 21.6 Å². The van der Waals surface area contributed by atoms with Crippen LogP contribution in [0.15, 0.2) is 42.5 Å². The van der Waals surface area contributed by atoms with E-state index in [0.717, 1.165) is 5.56 Å². The molecule has 0 bridgehead atoms. The molecule has 0 saturated carbocycles. The minimum absolute atomic E-state index is 0.00454. The van der Waals surface area contributed by atoms with Crippen molar-refractivity contribution in [2.75, 3.05) is 5.32 Å². The molecule has 23 heavy (non-hydrogen) atoms. The number of amides is 1. The number of aromatic nitrogens is 1. The second-order valence-electron chi connectivity index (χ2n) is 4.74. The van der Waals surface area contributed by atoms with Crippen molar-refractivity contribution in [2.24, 2.45) is 0 Å². The summed E-state index contributed by atoms with van der Waals surface area (Å²) in [5, 5.41) is 14.4. The van der Waals surface area contributed by atoms with E-state index in [9.17, 15) is 14.9 Å². The number of nitrogens with zero attached hydrogens (tertiary/aromatic N) is 2. The van der Waals surface area contributed by atoms with E-state index in [0.29, 0.717) is 20.4 Å². The summed E-state index contributed by atoms with van der Waals surface area (Å²) in [6.07, 6.45) is 0.135. The van der Waals surface area contributed by atoms with Gasteiger partial charge in [0.1, 0.15) is 0 Å². The molecule has 6 nitrogen and oxygen atoms in total. The number of rotatable bonds is 4. The SMILES string of the molecule is O=C(Cc1ccccc1Cl)Nc1nc2ccc([N+](=O)[O-])cc2s1. The number of hydrogen-bond acceptors (Lipinski definition) is 5. The molecular formula is C15H10ClN3O3S. The average Bonchev–Trinajstić information content (AvgIpc) is 2.90. The van der Waals surface area contributed by atoms with Gasteiger partial charge in [-0.3, -0.25) is 14.9 Å². The molecule has 116 valence electrons. The van der Waals surface area contributed by atoms with Gasteiger partial charge < -0.3 is 5.32 Å². The topological polar surface area (TPSA) is 85.1 Å². The summed E-state index contributed by atoms with van der Waals surface area (Å²) in [7, 11) is 0. The van der Waals surface area contributed by atoms with E-state index in [1.165, 1.54) is 23.5 Å². The van der Waals surface area contributed by atoms with E-state index in [2.05, 4.69) is 10.3 Å². The molecule has 0 radical (unpaired) electrons. The first-order valence-electron chi connectivity index (χ1n) is 6.61. The standard InChI is InChI=1S/C15H10ClN3O3S/c16-11-4-2-1-3-9(11)7-14(20)18-15-17-12-6-5-10(19(21)22)8-13(12)23-15/h1-6,8H,7H2,(H,17,18,20). The number of fused-ring (bicyclic) bond motifs is 1. The van der Waals surface area contributed by atoms with Crippen LogP contribution in [0.25, 0.3) is 10.2 Å². The van der Waals surface area contributed by atoms with Crippen molar-refractivity contribution in [2.45, 2.75) is 6.42 Å². The van der Waals surface area contributed by atoms with Gasteiger partial charge in [0.2, 0.25) is 5.91 Å². The summed E-state index contributed by atoms with van der Waals surface area (Å²) >= 11 is 7.22. The smallest absolute Gasteiger partial charge is 0.270 e. The summed E-state index contributed by atoms with van der Waals surface area (Å²) in [5.74, 6) is -0.244. The van der Waals surface area contributed by atoms with Crippen molar-refractivity contribution >= 4 is 49.9 Å². The third-order valence-corrected chi connectivity index (χ3v) is 4.44. The highest BCUT2D eigenvalue weighted by molar-refractivity contribution is 7.22. The molecule has 1 amide bonds. The summed E-state index contributed by atoms with van der Waals surface area (Å²) < 4.78 is 0.646. The van der Waals surface area contributed by atoms with E-state index >= 15 is 0 Å². The first-order valence-corrected chi connectivity index (χ1v) is 7.80. The van der Waals surface area contributed by atoms with Crippen molar-refractivity contribution in [1.82, 2.24) is 4.98 Å². The fraction of sp³-hybridized carbons (Fsp3) is 0.0667. The van der Waals surface area contributed by atoms with Crippen LogP contribution in [0.3, 0.4) is 0 Å². The van der Waals surface area contributed by atoms with Crippen LogP contribution < -0.4 is 5.32 Å². The number of carbonyl (C=O) groups excluding carboxylic acids is 1. The summed E-state index contributed by atoms with van der Waals surface area (Å²) in [6.45, 7) is 0. The highest BCUT2D eigenvalue weighted by atomic mass is 35.5. The highest BCUT2D eigenvalue weighted by Crippen LogP contribution is 2.29. The number of benzene rings is 2. The maximum Gasteiger partial charge on any atom is 0.270 e. The normalized spacial score (nSPS) is 10.7. The second kappa shape index (κ2) is 6.31. The fourth-order valence-corrected chi connectivity index (χ4v) is 3.18. The number of halogens is 1. The molecule has 1 heterocycles. The molecule has 8 heteroatoms. The first-order chi connectivity index (χ1) is 11.0. The Bertz CT molecular complexity index is 910. The van der Waals surface area contributed by atoms with Gasteiger partial charge in [-0.15, -0.1) is 0 Å². The summed E-state index contributed by atoms with van der Waals surface area (Å²) in [4.78, 5) is 26.6. The summed E-state index contributed by atoms with van der Waals surface area (Å²) in [6, 6.07) is 11.5. The van der Waals surface area contributed by atoms with Crippen LogP contribution in [0.4, 0.5) is 10.8 Å². The third kappa shape index (κ3) is 3.46. The van der Waals surface area contributed by atoms with Gasteiger partial charge in [-0.2, -0.15) is 0 Å². The molecule has 0 aliphatic heterocycles. The Hall–Kier alpha value is -2.51. The molecule has 0 aliphatic rings. The largest absolute Gasteiger partial charge is 0.302 e. The van der Waals surface area contributed by atoms with E-state index in [-0.39, 0.29) is 18.0 Å². The molecule has 0 aliphatic carbocycles. The second-order valence-corrected chi connectivity index (χ2v) is 6.18. The predicted octanol–water partition coefficient (Wildman–Crippen LogP) is 4.04. The van der Waals surface area contributed by atoms with E-state index < -0.39 is 4.92 Å². The van der Waals surface area contributed by atoms with E-state index in [1.54, 1.807) is 24.3 Å². The van der Waals surface area contributed by atoms with Crippen LogP contribution in [0, 0.1) is 10.1 Å². The van der Waals surface area contributed by atoms with Crippen LogP contribution in [0.5, 0.6) is 0 Å². The molecule has 0 spiro atoms. The average molecular weight is 348 g/mol. The zero-order valence-corrected chi connectivity index (χ0v) is 13.2. The van der Waals surface area contributed by atoms with E-state index in [4.69, 9.17) is 11.6 Å². The number of carbonyl (C=O) groups is 1. The van der Waals surface area contributed by atoms with Gasteiger partial charge >= 0.3 is 0 Å². The molecule has 0 atom stereocenters. The lowest BCUT2D eigenvalue weighted by atomic mass is 10.1. The lowest BCUT2D eigenvalue weighted by molar-refractivity contribution is -0.384. The zero-order chi connectivity index (χ0) is 16.4. The van der Waals surface area contributed by atoms with Crippen molar-refractivity contribution in [3.05, 3.63) is 63.2 Å². The molecule has 3 rings (SSSR count). The van der Waals surface area contributed by atoms with Crippen LogP contribution in [0.1, 0.15) is 5.56 Å². The van der Waals surface area contributed by atoms with Crippen molar-refractivity contribution in [3.8, 4) is 0 Å². The number of nitro benzene ring substituents is 1. The Morgan fingerprint density at radius 1 is 1.30 bits per heavy atom. The molecule has 3 aromatic rings. The number of nitrogens with one attached hydrogen (secondary N) is 1. The number of non-ortho nitro benzene ring substituents is 1. The van der Waals surface area contributed by atoms with Gasteiger partial charge in [0.15, 0.2) is 5.13 Å². The maximum absolute atomic E-state index is 12.1. The minimum Gasteiger partial charge on any atom is -0.302 e. The van der Waals surface area contributed by atoms with Crippen LogP contribution in [-0.2, 0) is 11.2 Å². The van der Waals surface area contributed by atoms with Gasteiger partial charge in [-0.1, -0.05) is 41.1 Å². The van der Waals surface area contributed by atoms with E-state index in [1.807, 2.05) is 6.07 Å². The Morgan fingerprint density at radius 3 is 2.83 bits per heavy atom.